The van der Waals surface area contributed by atoms with E-state index in [1.807, 2.05) is 30.3 Å². The van der Waals surface area contributed by atoms with Crippen molar-refractivity contribution in [1.82, 2.24) is 9.97 Å². The van der Waals surface area contributed by atoms with Gasteiger partial charge in [-0.3, -0.25) is 15.1 Å². The Morgan fingerprint density at radius 3 is 2.84 bits per heavy atom. The van der Waals surface area contributed by atoms with Crippen LogP contribution in [0.25, 0.3) is 10.9 Å². The lowest BCUT2D eigenvalue weighted by Gasteiger charge is -2.09. The highest BCUT2D eigenvalue weighted by molar-refractivity contribution is 5.90. The Morgan fingerprint density at radius 1 is 1.28 bits per heavy atom. The van der Waals surface area contributed by atoms with Crippen molar-refractivity contribution >= 4 is 28.4 Å². The minimum atomic E-state index is -0.680. The second-order valence-electron chi connectivity index (χ2n) is 5.19. The Balaban J connectivity index is 1.90. The number of carbonyl (C=O) groups is 1. The van der Waals surface area contributed by atoms with Crippen molar-refractivity contribution in [1.29, 1.82) is 0 Å². The number of para-hydroxylation sites is 1. The maximum Gasteiger partial charge on any atom is 0.339 e. The van der Waals surface area contributed by atoms with E-state index < -0.39 is 10.9 Å². The molecule has 8 heteroatoms. The van der Waals surface area contributed by atoms with Crippen LogP contribution >= 0.6 is 0 Å². The quantitative estimate of drug-likeness (QED) is 0.433. The lowest BCUT2D eigenvalue weighted by atomic mass is 10.1. The molecule has 3 rings (SSSR count). The van der Waals surface area contributed by atoms with Crippen LogP contribution in [-0.4, -0.2) is 28.0 Å². The number of carbonyl (C=O) groups excluding carboxylic acids is 1. The first-order chi connectivity index (χ1) is 12.1. The Morgan fingerprint density at radius 2 is 2.08 bits per heavy atom. The van der Waals surface area contributed by atoms with Gasteiger partial charge in [-0.25, -0.2) is 9.78 Å². The molecule has 1 aromatic carbocycles. The van der Waals surface area contributed by atoms with E-state index in [2.05, 4.69) is 20.0 Å². The van der Waals surface area contributed by atoms with Crippen molar-refractivity contribution in [3.05, 3.63) is 70.0 Å². The van der Waals surface area contributed by atoms with E-state index in [-0.39, 0.29) is 17.1 Å². The van der Waals surface area contributed by atoms with Gasteiger partial charge in [-0.1, -0.05) is 24.3 Å². The van der Waals surface area contributed by atoms with Crippen LogP contribution < -0.4 is 5.32 Å². The Kier molecular flexibility index (Phi) is 4.51. The molecule has 0 amide bonds. The lowest BCUT2D eigenvalue weighted by molar-refractivity contribution is -0.384. The molecule has 0 aliphatic heterocycles. The molecule has 0 radical (unpaired) electrons. The maximum absolute atomic E-state index is 11.5. The number of nitrogens with zero attached hydrogens (tertiary/aromatic N) is 3. The minimum Gasteiger partial charge on any atom is -0.465 e. The number of aromatic nitrogens is 2. The van der Waals surface area contributed by atoms with E-state index in [0.29, 0.717) is 6.54 Å². The van der Waals surface area contributed by atoms with E-state index in [4.69, 9.17) is 0 Å². The van der Waals surface area contributed by atoms with Crippen molar-refractivity contribution in [3.8, 4) is 0 Å². The summed E-state index contributed by atoms with van der Waals surface area (Å²) in [7, 11) is 1.20. The van der Waals surface area contributed by atoms with Gasteiger partial charge in [0.05, 0.1) is 23.1 Å². The topological polar surface area (TPSA) is 107 Å². The summed E-state index contributed by atoms with van der Waals surface area (Å²) < 4.78 is 4.56. The maximum atomic E-state index is 11.5. The number of methoxy groups -OCH3 is 1. The Bertz CT molecular complexity index is 953. The normalized spacial score (nSPS) is 10.4. The number of hydrogen-bond donors (Lipinski definition) is 1. The Hall–Kier alpha value is -3.55. The van der Waals surface area contributed by atoms with Crippen molar-refractivity contribution in [2.45, 2.75) is 6.54 Å². The van der Waals surface area contributed by atoms with Crippen LogP contribution in [0, 0.1) is 10.1 Å². The molecule has 0 saturated heterocycles. The molecule has 0 aliphatic carbocycles. The predicted octanol–water partition coefficient (Wildman–Crippen LogP) is 2.94. The summed E-state index contributed by atoms with van der Waals surface area (Å²) in [5.41, 5.74) is 1.42. The second-order valence-corrected chi connectivity index (χ2v) is 5.19. The fraction of sp³-hybridized carbons (Fsp3) is 0.118. The van der Waals surface area contributed by atoms with Gasteiger partial charge in [0.15, 0.2) is 0 Å². The first-order valence-corrected chi connectivity index (χ1v) is 7.39. The van der Waals surface area contributed by atoms with Crippen LogP contribution in [0.15, 0.2) is 48.8 Å². The zero-order chi connectivity index (χ0) is 17.8. The van der Waals surface area contributed by atoms with Gasteiger partial charge in [0.25, 0.3) is 0 Å². The number of anilines is 1. The van der Waals surface area contributed by atoms with Gasteiger partial charge in [-0.15, -0.1) is 0 Å². The van der Waals surface area contributed by atoms with Crippen LogP contribution in [0.4, 0.5) is 11.5 Å². The molecule has 126 valence electrons. The zero-order valence-corrected chi connectivity index (χ0v) is 13.3. The second kappa shape index (κ2) is 6.91. The highest BCUT2D eigenvalue weighted by Gasteiger charge is 2.19. The van der Waals surface area contributed by atoms with E-state index in [0.717, 1.165) is 22.5 Å². The van der Waals surface area contributed by atoms with Gasteiger partial charge < -0.3 is 10.1 Å². The molecule has 2 heterocycles. The van der Waals surface area contributed by atoms with Gasteiger partial charge in [0, 0.05) is 30.4 Å². The molecule has 3 aromatic rings. The predicted molar refractivity (Wildman–Crippen MR) is 91.3 cm³/mol. The molecule has 0 unspecified atom stereocenters. The number of benzene rings is 1. The number of fused-ring (bicyclic) bond motifs is 1. The van der Waals surface area contributed by atoms with Crippen LogP contribution in [-0.2, 0) is 11.3 Å². The molecular weight excluding hydrogens is 324 g/mol. The Labute approximate surface area is 142 Å². The molecule has 0 atom stereocenters. The summed E-state index contributed by atoms with van der Waals surface area (Å²) in [4.78, 5) is 30.5. The van der Waals surface area contributed by atoms with Crippen molar-refractivity contribution in [2.75, 3.05) is 12.4 Å². The van der Waals surface area contributed by atoms with Crippen molar-refractivity contribution < 1.29 is 14.5 Å². The van der Waals surface area contributed by atoms with Gasteiger partial charge in [-0.05, 0) is 11.6 Å². The molecular formula is C17H14N4O4. The van der Waals surface area contributed by atoms with Gasteiger partial charge in [0.1, 0.15) is 0 Å². The third-order valence-electron chi connectivity index (χ3n) is 3.65. The number of ether oxygens (including phenoxy) is 1. The van der Waals surface area contributed by atoms with Gasteiger partial charge in [-0.2, -0.15) is 0 Å². The summed E-state index contributed by atoms with van der Waals surface area (Å²) in [5, 5.41) is 15.2. The summed E-state index contributed by atoms with van der Waals surface area (Å²) in [6.07, 6.45) is 2.93. The first kappa shape index (κ1) is 16.3. The summed E-state index contributed by atoms with van der Waals surface area (Å²) >= 11 is 0. The fourth-order valence-corrected chi connectivity index (χ4v) is 2.45. The zero-order valence-electron chi connectivity index (χ0n) is 13.3. The average Bonchev–Trinajstić information content (AvgIpc) is 2.65. The number of nitrogens with one attached hydrogen (secondary N) is 1. The SMILES string of the molecule is COC(=O)c1cnc(NCc2cccc3cccnc23)c([N+](=O)[O-])c1. The summed E-state index contributed by atoms with van der Waals surface area (Å²) in [6.45, 7) is 0.305. The van der Waals surface area contributed by atoms with Crippen molar-refractivity contribution in [2.24, 2.45) is 0 Å². The van der Waals surface area contributed by atoms with Gasteiger partial charge >= 0.3 is 11.7 Å². The minimum absolute atomic E-state index is 0.0200. The third-order valence-corrected chi connectivity index (χ3v) is 3.65. The molecule has 0 saturated carbocycles. The number of hydrogen-bond acceptors (Lipinski definition) is 7. The molecule has 0 fully saturated rings. The molecule has 25 heavy (non-hydrogen) atoms. The first-order valence-electron chi connectivity index (χ1n) is 7.39. The van der Waals surface area contributed by atoms with Crippen LogP contribution in [0.1, 0.15) is 15.9 Å². The summed E-state index contributed by atoms with van der Waals surface area (Å²) in [5.74, 6) is -0.606. The van der Waals surface area contributed by atoms with Crippen LogP contribution in [0.5, 0.6) is 0 Å². The van der Waals surface area contributed by atoms with Gasteiger partial charge in [0.2, 0.25) is 5.82 Å². The molecule has 0 spiro atoms. The molecule has 0 bridgehead atoms. The molecule has 8 nitrogen and oxygen atoms in total. The molecule has 0 aliphatic rings. The molecule has 1 N–H and O–H groups in total. The van der Waals surface area contributed by atoms with Crippen LogP contribution in [0.3, 0.4) is 0 Å². The number of rotatable bonds is 5. The van der Waals surface area contributed by atoms with E-state index in [9.17, 15) is 14.9 Å². The largest absolute Gasteiger partial charge is 0.465 e. The van der Waals surface area contributed by atoms with E-state index >= 15 is 0 Å². The van der Waals surface area contributed by atoms with Crippen molar-refractivity contribution in [3.63, 3.8) is 0 Å². The highest BCUT2D eigenvalue weighted by Crippen LogP contribution is 2.24. The third kappa shape index (κ3) is 3.37. The number of pyridine rings is 2. The number of esters is 1. The highest BCUT2D eigenvalue weighted by atomic mass is 16.6. The van der Waals surface area contributed by atoms with E-state index in [1.165, 1.54) is 13.3 Å². The number of nitro groups is 1. The smallest absolute Gasteiger partial charge is 0.339 e. The van der Waals surface area contributed by atoms with Crippen LogP contribution in [0.2, 0.25) is 0 Å². The molecule has 2 aromatic heterocycles. The fourth-order valence-electron chi connectivity index (χ4n) is 2.45. The lowest BCUT2D eigenvalue weighted by Crippen LogP contribution is -2.08. The standard InChI is InChI=1S/C17H14N4O4/c1-25-17(22)13-8-14(21(23)24)16(20-10-13)19-9-12-5-2-4-11-6-3-7-18-15(11)12/h2-8,10H,9H2,1H3,(H,19,20). The summed E-state index contributed by atoms with van der Waals surface area (Å²) in [6, 6.07) is 10.6. The van der Waals surface area contributed by atoms with E-state index in [1.54, 1.807) is 6.20 Å². The average molecular weight is 338 g/mol. The monoisotopic (exact) mass is 338 g/mol.